The number of anilines is 1. The van der Waals surface area contributed by atoms with E-state index in [1.807, 2.05) is 17.0 Å². The SMILES string of the molecule is CCOC(=O)C1C(=O)NC(N2CCN(c3ccc(F)cc3)CC2)=NC1c1ccc(OC)cc1. The zero-order chi connectivity index (χ0) is 23.4. The number of rotatable bonds is 5. The lowest BCUT2D eigenvalue weighted by molar-refractivity contribution is -0.153. The van der Waals surface area contributed by atoms with Crippen molar-refractivity contribution < 1.29 is 23.5 Å². The number of methoxy groups -OCH3 is 1. The van der Waals surface area contributed by atoms with Gasteiger partial charge in [0.05, 0.1) is 13.7 Å². The van der Waals surface area contributed by atoms with E-state index < -0.39 is 23.8 Å². The fraction of sp³-hybridized carbons (Fsp3) is 0.375. The average Bonchev–Trinajstić information content (AvgIpc) is 2.84. The van der Waals surface area contributed by atoms with Crippen molar-refractivity contribution >= 4 is 23.5 Å². The molecular formula is C24H27FN4O4. The Labute approximate surface area is 192 Å². The van der Waals surface area contributed by atoms with Gasteiger partial charge in [0.25, 0.3) is 0 Å². The molecule has 0 saturated carbocycles. The number of nitrogens with zero attached hydrogens (tertiary/aromatic N) is 3. The Morgan fingerprint density at radius 2 is 1.70 bits per heavy atom. The Morgan fingerprint density at radius 3 is 2.30 bits per heavy atom. The summed E-state index contributed by atoms with van der Waals surface area (Å²) in [6, 6.07) is 12.9. The summed E-state index contributed by atoms with van der Waals surface area (Å²) in [5, 5.41) is 2.80. The van der Waals surface area contributed by atoms with E-state index in [0.717, 1.165) is 11.3 Å². The van der Waals surface area contributed by atoms with Gasteiger partial charge in [-0.05, 0) is 48.9 Å². The van der Waals surface area contributed by atoms with Crippen LogP contribution in [0.1, 0.15) is 18.5 Å². The van der Waals surface area contributed by atoms with Gasteiger partial charge < -0.3 is 19.3 Å². The molecule has 4 rings (SSSR count). The fourth-order valence-electron chi connectivity index (χ4n) is 4.09. The molecule has 2 unspecified atom stereocenters. The summed E-state index contributed by atoms with van der Waals surface area (Å²) in [5.74, 6) is -1.24. The zero-order valence-electron chi connectivity index (χ0n) is 18.7. The molecule has 1 N–H and O–H groups in total. The molecule has 1 amide bonds. The van der Waals surface area contributed by atoms with Crippen LogP contribution < -0.4 is 15.0 Å². The second-order valence-corrected chi connectivity index (χ2v) is 7.84. The van der Waals surface area contributed by atoms with Gasteiger partial charge in [0.1, 0.15) is 17.6 Å². The second-order valence-electron chi connectivity index (χ2n) is 7.84. The van der Waals surface area contributed by atoms with Crippen molar-refractivity contribution in [2.45, 2.75) is 13.0 Å². The number of ether oxygens (including phenoxy) is 2. The van der Waals surface area contributed by atoms with E-state index in [2.05, 4.69) is 10.2 Å². The van der Waals surface area contributed by atoms with Crippen LogP contribution in [0.15, 0.2) is 53.5 Å². The molecule has 0 radical (unpaired) electrons. The van der Waals surface area contributed by atoms with Crippen LogP contribution in [-0.4, -0.2) is 62.6 Å². The highest BCUT2D eigenvalue weighted by molar-refractivity contribution is 6.08. The average molecular weight is 455 g/mol. The molecule has 0 bridgehead atoms. The minimum absolute atomic E-state index is 0.180. The van der Waals surface area contributed by atoms with E-state index in [0.29, 0.717) is 37.9 Å². The van der Waals surface area contributed by atoms with E-state index in [1.165, 1.54) is 12.1 Å². The van der Waals surface area contributed by atoms with Crippen LogP contribution in [0.4, 0.5) is 10.1 Å². The third-order valence-electron chi connectivity index (χ3n) is 5.86. The Hall–Kier alpha value is -3.62. The van der Waals surface area contributed by atoms with E-state index in [4.69, 9.17) is 14.5 Å². The van der Waals surface area contributed by atoms with Crippen molar-refractivity contribution in [1.82, 2.24) is 10.2 Å². The van der Waals surface area contributed by atoms with Gasteiger partial charge in [-0.3, -0.25) is 14.9 Å². The molecule has 9 heteroatoms. The Kier molecular flexibility index (Phi) is 6.76. The maximum Gasteiger partial charge on any atom is 0.321 e. The van der Waals surface area contributed by atoms with Crippen LogP contribution in [0.25, 0.3) is 0 Å². The predicted molar refractivity (Wildman–Crippen MR) is 122 cm³/mol. The predicted octanol–water partition coefficient (Wildman–Crippen LogP) is 2.36. The van der Waals surface area contributed by atoms with Crippen LogP contribution in [0.3, 0.4) is 0 Å². The van der Waals surface area contributed by atoms with E-state index >= 15 is 0 Å². The van der Waals surface area contributed by atoms with Crippen LogP contribution in [0, 0.1) is 11.7 Å². The third-order valence-corrected chi connectivity index (χ3v) is 5.86. The Morgan fingerprint density at radius 1 is 1.06 bits per heavy atom. The van der Waals surface area contributed by atoms with Gasteiger partial charge in [-0.15, -0.1) is 0 Å². The number of piperazine rings is 1. The van der Waals surface area contributed by atoms with Gasteiger partial charge in [-0.2, -0.15) is 0 Å². The number of hydrogen-bond acceptors (Lipinski definition) is 7. The van der Waals surface area contributed by atoms with E-state index in [-0.39, 0.29) is 12.4 Å². The van der Waals surface area contributed by atoms with Gasteiger partial charge >= 0.3 is 5.97 Å². The molecule has 0 aliphatic carbocycles. The monoisotopic (exact) mass is 454 g/mol. The number of nitrogens with one attached hydrogen (secondary N) is 1. The minimum Gasteiger partial charge on any atom is -0.497 e. The molecule has 1 saturated heterocycles. The summed E-state index contributed by atoms with van der Waals surface area (Å²) < 4.78 is 23.6. The zero-order valence-corrected chi connectivity index (χ0v) is 18.7. The quantitative estimate of drug-likeness (QED) is 0.552. The first kappa shape index (κ1) is 22.6. The molecule has 2 aromatic rings. The van der Waals surface area contributed by atoms with Gasteiger partial charge in [0, 0.05) is 31.9 Å². The van der Waals surface area contributed by atoms with Crippen molar-refractivity contribution in [3.63, 3.8) is 0 Å². The fourth-order valence-corrected chi connectivity index (χ4v) is 4.09. The molecule has 2 aliphatic rings. The summed E-state index contributed by atoms with van der Waals surface area (Å²) in [4.78, 5) is 34.5. The van der Waals surface area contributed by atoms with Crippen molar-refractivity contribution in [3.8, 4) is 5.75 Å². The number of amides is 1. The van der Waals surface area contributed by atoms with Crippen LogP contribution in [-0.2, 0) is 14.3 Å². The van der Waals surface area contributed by atoms with Crippen LogP contribution in [0.5, 0.6) is 5.75 Å². The summed E-state index contributed by atoms with van der Waals surface area (Å²) in [5.41, 5.74) is 1.68. The topological polar surface area (TPSA) is 83.5 Å². The molecule has 0 spiro atoms. The summed E-state index contributed by atoms with van der Waals surface area (Å²) >= 11 is 0. The highest BCUT2D eigenvalue weighted by Gasteiger charge is 2.42. The lowest BCUT2D eigenvalue weighted by atomic mass is 9.91. The minimum atomic E-state index is -1.07. The largest absolute Gasteiger partial charge is 0.497 e. The number of esters is 1. The van der Waals surface area contributed by atoms with Crippen LogP contribution in [0.2, 0.25) is 0 Å². The first-order valence-corrected chi connectivity index (χ1v) is 10.9. The first-order valence-electron chi connectivity index (χ1n) is 10.9. The Balaban J connectivity index is 1.55. The molecule has 8 nitrogen and oxygen atoms in total. The number of carbonyl (C=O) groups is 2. The maximum absolute atomic E-state index is 13.2. The summed E-state index contributed by atoms with van der Waals surface area (Å²) in [6.45, 7) is 4.51. The normalized spacial score (nSPS) is 20.7. The standard InChI is InChI=1S/C24H27FN4O4/c1-3-33-23(31)20-21(16-4-10-19(32-2)11-5-16)26-24(27-22(20)30)29-14-12-28(13-15-29)18-8-6-17(25)7-9-18/h4-11,20-21H,3,12-15H2,1-2H3,(H,26,27,30). The molecule has 1 fully saturated rings. The van der Waals surface area contributed by atoms with Crippen LogP contribution >= 0.6 is 0 Å². The summed E-state index contributed by atoms with van der Waals surface area (Å²) in [6.07, 6.45) is 0. The number of benzene rings is 2. The molecule has 0 aromatic heterocycles. The lowest BCUT2D eigenvalue weighted by Crippen LogP contribution is -2.57. The van der Waals surface area contributed by atoms with Gasteiger partial charge in [0.15, 0.2) is 5.92 Å². The Bertz CT molecular complexity index is 1020. The van der Waals surface area contributed by atoms with E-state index in [9.17, 15) is 14.0 Å². The third kappa shape index (κ3) is 4.92. The highest BCUT2D eigenvalue weighted by Crippen LogP contribution is 2.32. The van der Waals surface area contributed by atoms with Crippen molar-refractivity contribution in [3.05, 3.63) is 59.9 Å². The molecule has 2 atom stereocenters. The number of guanidine groups is 1. The van der Waals surface area contributed by atoms with Crippen molar-refractivity contribution in [2.24, 2.45) is 10.9 Å². The molecule has 2 aromatic carbocycles. The molecule has 2 heterocycles. The second kappa shape index (κ2) is 9.89. The van der Waals surface area contributed by atoms with E-state index in [1.54, 1.807) is 38.3 Å². The summed E-state index contributed by atoms with van der Waals surface area (Å²) in [7, 11) is 1.58. The first-order chi connectivity index (χ1) is 16.0. The number of carbonyl (C=O) groups excluding carboxylic acids is 2. The molecular weight excluding hydrogens is 427 g/mol. The molecule has 33 heavy (non-hydrogen) atoms. The number of aliphatic imine (C=N–C) groups is 1. The lowest BCUT2D eigenvalue weighted by Gasteiger charge is -2.39. The number of halogens is 1. The van der Waals surface area contributed by atoms with Gasteiger partial charge in [0.2, 0.25) is 11.9 Å². The van der Waals surface area contributed by atoms with Gasteiger partial charge in [-0.25, -0.2) is 9.38 Å². The maximum atomic E-state index is 13.2. The molecule has 174 valence electrons. The number of hydrogen-bond donors (Lipinski definition) is 1. The highest BCUT2D eigenvalue weighted by atomic mass is 19.1. The van der Waals surface area contributed by atoms with Crippen molar-refractivity contribution in [2.75, 3.05) is 44.8 Å². The molecule has 2 aliphatic heterocycles. The van der Waals surface area contributed by atoms with Crippen molar-refractivity contribution in [1.29, 1.82) is 0 Å². The van der Waals surface area contributed by atoms with Gasteiger partial charge in [-0.1, -0.05) is 12.1 Å². The smallest absolute Gasteiger partial charge is 0.321 e.